The maximum absolute atomic E-state index is 13.5. The third-order valence-corrected chi connectivity index (χ3v) is 9.11. The first-order chi connectivity index (χ1) is 14.6. The fourth-order valence-electron chi connectivity index (χ4n) is 4.66. The third-order valence-electron chi connectivity index (χ3n) is 6.25. The average Bonchev–Trinajstić information content (AvgIpc) is 3.04. The number of amides is 1. The first-order valence-electron chi connectivity index (χ1n) is 10.5. The number of nitrogens with zero attached hydrogens (tertiary/aromatic N) is 3. The molecule has 0 bridgehead atoms. The van der Waals surface area contributed by atoms with Crippen molar-refractivity contribution in [2.24, 2.45) is 0 Å². The van der Waals surface area contributed by atoms with Gasteiger partial charge in [-0.25, -0.2) is 8.42 Å². The number of carbonyl (C=O) groups is 1. The maximum atomic E-state index is 13.5. The van der Waals surface area contributed by atoms with Gasteiger partial charge in [0.15, 0.2) is 0 Å². The number of hydrogen-bond acceptors (Lipinski definition) is 4. The van der Waals surface area contributed by atoms with Gasteiger partial charge in [-0.1, -0.05) is 12.1 Å². The van der Waals surface area contributed by atoms with E-state index in [9.17, 15) is 13.2 Å². The first-order valence-corrected chi connectivity index (χ1v) is 12.8. The van der Waals surface area contributed by atoms with Gasteiger partial charge in [-0.2, -0.15) is 4.31 Å². The highest BCUT2D eigenvalue weighted by atomic mass is 79.9. The summed E-state index contributed by atoms with van der Waals surface area (Å²) in [6.45, 7) is 9.79. The minimum atomic E-state index is -3.68. The molecule has 1 amide bonds. The highest BCUT2D eigenvalue weighted by Crippen LogP contribution is 2.39. The molecule has 2 aromatic rings. The lowest BCUT2D eigenvalue weighted by Gasteiger charge is -2.36. The number of halogens is 1. The number of anilines is 2. The van der Waals surface area contributed by atoms with Gasteiger partial charge in [0, 0.05) is 55.0 Å². The number of carbonyl (C=O) groups excluding carboxylic acids is 1. The van der Waals surface area contributed by atoms with E-state index in [1.807, 2.05) is 13.0 Å². The van der Waals surface area contributed by atoms with E-state index in [0.717, 1.165) is 12.0 Å². The van der Waals surface area contributed by atoms with E-state index >= 15 is 0 Å². The Bertz CT molecular complexity index is 1140. The van der Waals surface area contributed by atoms with E-state index < -0.39 is 10.0 Å². The Morgan fingerprint density at radius 3 is 2.35 bits per heavy atom. The van der Waals surface area contributed by atoms with Crippen LogP contribution in [0.15, 0.2) is 39.7 Å². The van der Waals surface area contributed by atoms with Gasteiger partial charge in [-0.05, 0) is 78.0 Å². The highest BCUT2D eigenvalue weighted by Gasteiger charge is 2.35. The zero-order valence-corrected chi connectivity index (χ0v) is 20.8. The molecule has 1 atom stereocenters. The average molecular weight is 506 g/mol. The Kier molecular flexibility index (Phi) is 5.91. The van der Waals surface area contributed by atoms with Crippen molar-refractivity contribution in [1.82, 2.24) is 4.31 Å². The van der Waals surface area contributed by atoms with Gasteiger partial charge in [0.05, 0.1) is 4.90 Å². The lowest BCUT2D eigenvalue weighted by molar-refractivity contribution is -0.116. The zero-order valence-electron chi connectivity index (χ0n) is 18.4. The van der Waals surface area contributed by atoms with Crippen LogP contribution in [0.4, 0.5) is 11.4 Å². The Labute approximate surface area is 193 Å². The second kappa shape index (κ2) is 8.22. The van der Waals surface area contributed by atoms with Gasteiger partial charge in [-0.3, -0.25) is 4.79 Å². The van der Waals surface area contributed by atoms with E-state index in [-0.39, 0.29) is 16.8 Å². The second-order valence-corrected chi connectivity index (χ2v) is 11.3. The van der Waals surface area contributed by atoms with Crippen LogP contribution in [0, 0.1) is 13.8 Å². The molecule has 2 heterocycles. The summed E-state index contributed by atoms with van der Waals surface area (Å²) in [5, 5.41) is 0. The molecule has 0 radical (unpaired) electrons. The Morgan fingerprint density at radius 1 is 1.03 bits per heavy atom. The summed E-state index contributed by atoms with van der Waals surface area (Å²) in [7, 11) is -3.68. The van der Waals surface area contributed by atoms with Crippen molar-refractivity contribution in [3.63, 3.8) is 0 Å². The van der Waals surface area contributed by atoms with Gasteiger partial charge in [0.1, 0.15) is 0 Å². The molecule has 0 N–H and O–H groups in total. The van der Waals surface area contributed by atoms with Crippen molar-refractivity contribution in [2.45, 2.75) is 45.1 Å². The largest absolute Gasteiger partial charge is 0.369 e. The maximum Gasteiger partial charge on any atom is 0.244 e. The van der Waals surface area contributed by atoms with Crippen LogP contribution in [0.5, 0.6) is 0 Å². The summed E-state index contributed by atoms with van der Waals surface area (Å²) in [6.07, 6.45) is 0.725. The van der Waals surface area contributed by atoms with Gasteiger partial charge in [-0.15, -0.1) is 0 Å². The van der Waals surface area contributed by atoms with Crippen molar-refractivity contribution >= 4 is 43.2 Å². The van der Waals surface area contributed by atoms with Gasteiger partial charge < -0.3 is 9.80 Å². The van der Waals surface area contributed by atoms with Crippen molar-refractivity contribution in [3.8, 4) is 0 Å². The van der Waals surface area contributed by atoms with Crippen molar-refractivity contribution in [2.75, 3.05) is 36.0 Å². The van der Waals surface area contributed by atoms with Crippen molar-refractivity contribution in [1.29, 1.82) is 0 Å². The number of sulfonamides is 1. The number of aryl methyl sites for hydroxylation is 2. The van der Waals surface area contributed by atoms with Crippen LogP contribution < -0.4 is 9.80 Å². The predicted octanol–water partition coefficient (Wildman–Crippen LogP) is 3.87. The molecule has 2 aliphatic rings. The topological polar surface area (TPSA) is 60.9 Å². The fraction of sp³-hybridized carbons (Fsp3) is 0.435. The molecule has 2 aromatic carbocycles. The molecule has 0 aliphatic carbocycles. The van der Waals surface area contributed by atoms with Crippen LogP contribution in [-0.2, 0) is 21.2 Å². The van der Waals surface area contributed by atoms with Gasteiger partial charge >= 0.3 is 0 Å². The summed E-state index contributed by atoms with van der Waals surface area (Å²) in [5.41, 5.74) is 5.26. The molecule has 1 saturated heterocycles. The second-order valence-electron chi connectivity index (χ2n) is 8.53. The summed E-state index contributed by atoms with van der Waals surface area (Å²) in [5.74, 6) is -0.0703. The summed E-state index contributed by atoms with van der Waals surface area (Å²) in [6, 6.07) is 9.91. The van der Waals surface area contributed by atoms with E-state index in [0.29, 0.717) is 36.3 Å². The van der Waals surface area contributed by atoms with Crippen LogP contribution in [0.3, 0.4) is 0 Å². The molecule has 166 valence electrons. The Balaban J connectivity index is 1.59. The molecule has 4 rings (SSSR count). The number of piperazine rings is 1. The van der Waals surface area contributed by atoms with Crippen LogP contribution >= 0.6 is 15.9 Å². The molecule has 31 heavy (non-hydrogen) atoms. The molecular formula is C23H28BrN3O3S. The first kappa shape index (κ1) is 22.3. The Hall–Kier alpha value is -1.90. The predicted molar refractivity (Wildman–Crippen MR) is 127 cm³/mol. The quantitative estimate of drug-likeness (QED) is 0.634. The zero-order chi connectivity index (χ0) is 22.5. The summed E-state index contributed by atoms with van der Waals surface area (Å²) < 4.78 is 29.1. The van der Waals surface area contributed by atoms with Crippen LogP contribution in [0.25, 0.3) is 0 Å². The minimum absolute atomic E-state index is 0.0264. The van der Waals surface area contributed by atoms with Crippen LogP contribution in [-0.4, -0.2) is 50.9 Å². The molecule has 0 spiro atoms. The molecule has 1 unspecified atom stereocenters. The monoisotopic (exact) mass is 505 g/mol. The summed E-state index contributed by atoms with van der Waals surface area (Å²) >= 11 is 3.48. The normalized spacial score (nSPS) is 19.6. The number of benzene rings is 2. The van der Waals surface area contributed by atoms with Crippen molar-refractivity contribution < 1.29 is 13.2 Å². The third kappa shape index (κ3) is 4.01. The Morgan fingerprint density at radius 2 is 1.71 bits per heavy atom. The molecule has 6 nitrogen and oxygen atoms in total. The molecule has 1 fully saturated rings. The smallest absolute Gasteiger partial charge is 0.244 e. The highest BCUT2D eigenvalue weighted by molar-refractivity contribution is 9.10. The van der Waals surface area contributed by atoms with E-state index in [2.05, 4.69) is 52.9 Å². The molecular weight excluding hydrogens is 478 g/mol. The fourth-order valence-corrected chi connectivity index (χ4v) is 7.16. The van der Waals surface area contributed by atoms with Crippen molar-refractivity contribution in [3.05, 3.63) is 51.5 Å². The number of hydrogen-bond donors (Lipinski definition) is 0. The standard InChI is InChI=1S/C23H28BrN3O3S/c1-15-5-6-16(2)21(11-15)25-7-9-26(10-8-25)31(29,30)23-14-22-19(13-20(23)24)12-17(3)27(22)18(4)28/h5-6,11,13-14,17H,7-10,12H2,1-4H3. The summed E-state index contributed by atoms with van der Waals surface area (Å²) in [4.78, 5) is 16.3. The minimum Gasteiger partial charge on any atom is -0.369 e. The van der Waals surface area contributed by atoms with E-state index in [4.69, 9.17) is 0 Å². The lowest BCUT2D eigenvalue weighted by atomic mass is 10.1. The molecule has 0 aromatic heterocycles. The lowest BCUT2D eigenvalue weighted by Crippen LogP contribution is -2.49. The van der Waals surface area contributed by atoms with Gasteiger partial charge in [0.25, 0.3) is 0 Å². The van der Waals surface area contributed by atoms with Crippen LogP contribution in [0.1, 0.15) is 30.5 Å². The molecule has 2 aliphatic heterocycles. The van der Waals surface area contributed by atoms with E-state index in [1.165, 1.54) is 23.7 Å². The number of rotatable bonds is 3. The number of fused-ring (bicyclic) bond motifs is 1. The molecule has 8 heteroatoms. The SMILES string of the molecule is CC(=O)N1c2cc(S(=O)(=O)N3CCN(c4cc(C)ccc4C)CC3)c(Br)cc2CC1C. The van der Waals surface area contributed by atoms with Gasteiger partial charge in [0.2, 0.25) is 15.9 Å². The molecule has 0 saturated carbocycles. The van der Waals surface area contributed by atoms with Crippen LogP contribution in [0.2, 0.25) is 0 Å². The van der Waals surface area contributed by atoms with E-state index in [1.54, 1.807) is 15.3 Å².